The molecule has 0 saturated carbocycles. The Bertz CT molecular complexity index is 396. The molecule has 0 spiro atoms. The van der Waals surface area contributed by atoms with E-state index in [0.717, 1.165) is 12.1 Å². The minimum atomic E-state index is 0.368. The van der Waals surface area contributed by atoms with Crippen LogP contribution in [0, 0.1) is 11.3 Å². The average Bonchev–Trinajstić information content (AvgIpc) is 2.29. The first kappa shape index (κ1) is 13.9. The zero-order valence-corrected chi connectivity index (χ0v) is 11.2. The summed E-state index contributed by atoms with van der Waals surface area (Å²) in [4.78, 5) is 0. The minimum absolute atomic E-state index is 0.368. The molecule has 0 saturated heterocycles. The highest BCUT2D eigenvalue weighted by atomic mass is 35.5. The standard InChI is InChI=1S/C14H19ClN2/c1-3-4-5-7-11(2)17-14-9-6-8-13(15)12(14)10-16/h6,8-9,11,17H,3-5,7H2,1-2H3. The van der Waals surface area contributed by atoms with E-state index in [9.17, 15) is 0 Å². The number of benzene rings is 1. The van der Waals surface area contributed by atoms with Crippen LogP contribution in [0.5, 0.6) is 0 Å². The van der Waals surface area contributed by atoms with Gasteiger partial charge in [-0.05, 0) is 25.5 Å². The smallest absolute Gasteiger partial charge is 0.103 e. The van der Waals surface area contributed by atoms with Crippen LogP contribution in [0.4, 0.5) is 5.69 Å². The van der Waals surface area contributed by atoms with Crippen LogP contribution < -0.4 is 5.32 Å². The number of hydrogen-bond acceptors (Lipinski definition) is 2. The number of nitrogens with one attached hydrogen (secondary N) is 1. The summed E-state index contributed by atoms with van der Waals surface area (Å²) in [6.07, 6.45) is 4.82. The van der Waals surface area contributed by atoms with Crippen molar-refractivity contribution < 1.29 is 0 Å². The number of rotatable bonds is 6. The van der Waals surface area contributed by atoms with E-state index in [-0.39, 0.29) is 0 Å². The molecule has 3 heteroatoms. The van der Waals surface area contributed by atoms with E-state index in [1.54, 1.807) is 6.07 Å². The maximum Gasteiger partial charge on any atom is 0.103 e. The molecule has 1 aromatic carbocycles. The van der Waals surface area contributed by atoms with Crippen LogP contribution in [0.15, 0.2) is 18.2 Å². The first-order chi connectivity index (χ1) is 8.19. The molecule has 17 heavy (non-hydrogen) atoms. The van der Waals surface area contributed by atoms with Gasteiger partial charge in [-0.1, -0.05) is 43.9 Å². The highest BCUT2D eigenvalue weighted by Crippen LogP contribution is 2.24. The summed E-state index contributed by atoms with van der Waals surface area (Å²) >= 11 is 5.98. The van der Waals surface area contributed by atoms with Gasteiger partial charge in [-0.3, -0.25) is 0 Å². The molecule has 0 bridgehead atoms. The van der Waals surface area contributed by atoms with Gasteiger partial charge in [0.05, 0.1) is 16.3 Å². The maximum atomic E-state index is 9.05. The maximum absolute atomic E-state index is 9.05. The molecule has 2 nitrogen and oxygen atoms in total. The third-order valence-electron chi connectivity index (χ3n) is 2.77. The highest BCUT2D eigenvalue weighted by molar-refractivity contribution is 6.32. The van der Waals surface area contributed by atoms with Crippen molar-refractivity contribution in [3.63, 3.8) is 0 Å². The van der Waals surface area contributed by atoms with Crippen molar-refractivity contribution in [1.29, 1.82) is 5.26 Å². The summed E-state index contributed by atoms with van der Waals surface area (Å²) in [5, 5.41) is 12.9. The van der Waals surface area contributed by atoms with E-state index in [2.05, 4.69) is 25.2 Å². The molecule has 0 fully saturated rings. The lowest BCUT2D eigenvalue weighted by Crippen LogP contribution is -2.15. The number of anilines is 1. The van der Waals surface area contributed by atoms with Gasteiger partial charge in [-0.25, -0.2) is 0 Å². The molecule has 92 valence electrons. The summed E-state index contributed by atoms with van der Waals surface area (Å²) in [5.41, 5.74) is 1.38. The van der Waals surface area contributed by atoms with Crippen LogP contribution in [0.2, 0.25) is 5.02 Å². The molecule has 0 aliphatic rings. The van der Waals surface area contributed by atoms with Crippen LogP contribution in [-0.2, 0) is 0 Å². The third kappa shape index (κ3) is 4.28. The molecule has 0 heterocycles. The average molecular weight is 251 g/mol. The van der Waals surface area contributed by atoms with Crippen molar-refractivity contribution in [3.05, 3.63) is 28.8 Å². The zero-order chi connectivity index (χ0) is 12.7. The van der Waals surface area contributed by atoms with Gasteiger partial charge in [0.15, 0.2) is 0 Å². The van der Waals surface area contributed by atoms with Crippen LogP contribution in [0.3, 0.4) is 0 Å². The van der Waals surface area contributed by atoms with E-state index < -0.39 is 0 Å². The van der Waals surface area contributed by atoms with Crippen LogP contribution in [0.1, 0.15) is 45.1 Å². The van der Waals surface area contributed by atoms with Crippen molar-refractivity contribution in [1.82, 2.24) is 0 Å². The SMILES string of the molecule is CCCCCC(C)Nc1cccc(Cl)c1C#N. The van der Waals surface area contributed by atoms with E-state index in [1.807, 2.05) is 12.1 Å². The number of hydrogen-bond donors (Lipinski definition) is 1. The molecule has 1 aromatic rings. The van der Waals surface area contributed by atoms with Gasteiger partial charge < -0.3 is 5.32 Å². The summed E-state index contributed by atoms with van der Waals surface area (Å²) < 4.78 is 0. The van der Waals surface area contributed by atoms with Gasteiger partial charge in [0, 0.05) is 6.04 Å². The Kier molecular flexibility index (Phi) is 5.86. The van der Waals surface area contributed by atoms with Crippen molar-refractivity contribution in [3.8, 4) is 6.07 Å². The lowest BCUT2D eigenvalue weighted by atomic mass is 10.1. The highest BCUT2D eigenvalue weighted by Gasteiger charge is 2.08. The molecule has 1 rings (SSSR count). The molecule has 1 N–H and O–H groups in total. The minimum Gasteiger partial charge on any atom is -0.381 e. The summed E-state index contributed by atoms with van der Waals surface area (Å²) in [7, 11) is 0. The predicted octanol–water partition coefficient (Wildman–Crippen LogP) is 4.59. The molecular weight excluding hydrogens is 232 g/mol. The van der Waals surface area contributed by atoms with Crippen molar-refractivity contribution >= 4 is 17.3 Å². The Labute approximate surface area is 109 Å². The fourth-order valence-corrected chi connectivity index (χ4v) is 2.01. The van der Waals surface area contributed by atoms with E-state index >= 15 is 0 Å². The van der Waals surface area contributed by atoms with Gasteiger partial charge in [0.1, 0.15) is 6.07 Å². The fourth-order valence-electron chi connectivity index (χ4n) is 1.80. The molecule has 0 aliphatic heterocycles. The molecule has 0 amide bonds. The molecule has 1 unspecified atom stereocenters. The number of unbranched alkanes of at least 4 members (excludes halogenated alkanes) is 2. The van der Waals surface area contributed by atoms with E-state index in [4.69, 9.17) is 16.9 Å². The van der Waals surface area contributed by atoms with E-state index in [0.29, 0.717) is 16.6 Å². The summed E-state index contributed by atoms with van der Waals surface area (Å²) in [6.45, 7) is 4.33. The monoisotopic (exact) mass is 250 g/mol. The fraction of sp³-hybridized carbons (Fsp3) is 0.500. The Morgan fingerprint density at radius 2 is 2.18 bits per heavy atom. The topological polar surface area (TPSA) is 35.8 Å². The molecule has 1 atom stereocenters. The van der Waals surface area contributed by atoms with Gasteiger partial charge in [0.2, 0.25) is 0 Å². The van der Waals surface area contributed by atoms with Gasteiger partial charge in [-0.2, -0.15) is 5.26 Å². The Morgan fingerprint density at radius 3 is 2.82 bits per heavy atom. The lowest BCUT2D eigenvalue weighted by molar-refractivity contribution is 0.615. The second kappa shape index (κ2) is 7.19. The van der Waals surface area contributed by atoms with Crippen LogP contribution in [-0.4, -0.2) is 6.04 Å². The molecule has 0 aromatic heterocycles. The largest absolute Gasteiger partial charge is 0.381 e. The zero-order valence-electron chi connectivity index (χ0n) is 10.5. The summed E-state index contributed by atoms with van der Waals surface area (Å²) in [5.74, 6) is 0. The normalized spacial score (nSPS) is 11.9. The predicted molar refractivity (Wildman–Crippen MR) is 73.4 cm³/mol. The first-order valence-electron chi connectivity index (χ1n) is 6.14. The quantitative estimate of drug-likeness (QED) is 0.750. The Hall–Kier alpha value is -1.20. The second-order valence-corrected chi connectivity index (χ2v) is 4.72. The molecule has 0 aliphatic carbocycles. The molecule has 0 radical (unpaired) electrons. The van der Waals surface area contributed by atoms with Crippen molar-refractivity contribution in [2.45, 2.75) is 45.6 Å². The third-order valence-corrected chi connectivity index (χ3v) is 3.08. The Morgan fingerprint density at radius 1 is 1.41 bits per heavy atom. The number of nitrogens with zero attached hydrogens (tertiary/aromatic N) is 1. The first-order valence-corrected chi connectivity index (χ1v) is 6.52. The van der Waals surface area contributed by atoms with Gasteiger partial charge in [-0.15, -0.1) is 0 Å². The second-order valence-electron chi connectivity index (χ2n) is 4.32. The van der Waals surface area contributed by atoms with Crippen molar-refractivity contribution in [2.24, 2.45) is 0 Å². The number of nitriles is 1. The van der Waals surface area contributed by atoms with Crippen LogP contribution in [0.25, 0.3) is 0 Å². The molecular formula is C14H19ClN2. The van der Waals surface area contributed by atoms with Crippen LogP contribution >= 0.6 is 11.6 Å². The Balaban J connectivity index is 2.62. The van der Waals surface area contributed by atoms with Gasteiger partial charge >= 0.3 is 0 Å². The van der Waals surface area contributed by atoms with Crippen molar-refractivity contribution in [2.75, 3.05) is 5.32 Å². The number of halogens is 1. The van der Waals surface area contributed by atoms with E-state index in [1.165, 1.54) is 19.3 Å². The lowest BCUT2D eigenvalue weighted by Gasteiger charge is -2.16. The van der Waals surface area contributed by atoms with Gasteiger partial charge in [0.25, 0.3) is 0 Å². The summed E-state index contributed by atoms with van der Waals surface area (Å²) in [6, 6.07) is 8.02.